The fourth-order valence-electron chi connectivity index (χ4n) is 6.61. The van der Waals surface area contributed by atoms with Gasteiger partial charge in [0.25, 0.3) is 0 Å². The van der Waals surface area contributed by atoms with Crippen LogP contribution in [-0.4, -0.2) is 0 Å². The third kappa shape index (κ3) is 4.94. The van der Waals surface area contributed by atoms with Gasteiger partial charge in [0.05, 0.1) is 0 Å². The van der Waals surface area contributed by atoms with Crippen LogP contribution < -0.4 is 0 Å². The predicted octanol–water partition coefficient (Wildman–Crippen LogP) is 12.6. The molecule has 0 heterocycles. The van der Waals surface area contributed by atoms with Gasteiger partial charge in [-0.05, 0) is 89.7 Å². The zero-order valence-corrected chi connectivity index (χ0v) is 25.6. The molecule has 0 unspecified atom stereocenters. The zero-order valence-electron chi connectivity index (χ0n) is 25.6. The molecule has 43 heavy (non-hydrogen) atoms. The van der Waals surface area contributed by atoms with Gasteiger partial charge in [0.2, 0.25) is 0 Å². The van der Waals surface area contributed by atoms with Crippen molar-refractivity contribution in [2.24, 2.45) is 0 Å². The van der Waals surface area contributed by atoms with E-state index in [-0.39, 0.29) is 0 Å². The molecule has 210 valence electrons. The van der Waals surface area contributed by atoms with Crippen LogP contribution in [0.1, 0.15) is 38.8 Å². The molecular weight excluding hydrogens is 516 g/mol. The topological polar surface area (TPSA) is 0 Å². The highest BCUT2D eigenvalue weighted by Crippen LogP contribution is 2.47. The van der Waals surface area contributed by atoms with Crippen molar-refractivity contribution in [2.75, 3.05) is 0 Å². The molecule has 0 bridgehead atoms. The number of benzene rings is 7. The van der Waals surface area contributed by atoms with E-state index < -0.39 is 0 Å². The first-order valence-corrected chi connectivity index (χ1v) is 15.7. The summed E-state index contributed by atoms with van der Waals surface area (Å²) in [6.07, 6.45) is 1.00. The summed E-state index contributed by atoms with van der Waals surface area (Å²) in [5, 5.41) is 5.16. The van der Waals surface area contributed by atoms with Gasteiger partial charge < -0.3 is 0 Å². The Hall–Kier alpha value is -4.94. The first-order valence-electron chi connectivity index (χ1n) is 15.7. The predicted molar refractivity (Wildman–Crippen MR) is 189 cm³/mol. The van der Waals surface area contributed by atoms with Crippen molar-refractivity contribution in [3.8, 4) is 44.5 Å². The van der Waals surface area contributed by atoms with Crippen molar-refractivity contribution in [2.45, 2.75) is 34.1 Å². The molecule has 7 aromatic rings. The smallest absolute Gasteiger partial charge is 0.00132 e. The minimum Gasteiger partial charge on any atom is -0.0683 e. The molecule has 0 heteroatoms. The molecule has 0 atom stereocenters. The molecule has 0 fully saturated rings. The van der Waals surface area contributed by atoms with Gasteiger partial charge in [-0.25, -0.2) is 0 Å². The summed E-state index contributed by atoms with van der Waals surface area (Å²) < 4.78 is 0. The van der Waals surface area contributed by atoms with Gasteiger partial charge >= 0.3 is 0 Å². The van der Waals surface area contributed by atoms with Crippen LogP contribution in [0.5, 0.6) is 0 Å². The lowest BCUT2D eigenvalue weighted by molar-refractivity contribution is 1.26. The summed E-state index contributed by atoms with van der Waals surface area (Å²) in [6.45, 7) is 8.00. The average Bonchev–Trinajstić information content (AvgIpc) is 3.48. The summed E-state index contributed by atoms with van der Waals surface area (Å²) in [7, 11) is 0. The van der Waals surface area contributed by atoms with Crippen molar-refractivity contribution in [3.63, 3.8) is 0 Å². The molecule has 0 aromatic heterocycles. The Kier molecular flexibility index (Phi) is 8.20. The monoisotopic (exact) mass is 554 g/mol. The van der Waals surface area contributed by atoms with E-state index >= 15 is 0 Å². The van der Waals surface area contributed by atoms with Crippen LogP contribution in [0, 0.1) is 0 Å². The van der Waals surface area contributed by atoms with Gasteiger partial charge in [-0.1, -0.05) is 167 Å². The van der Waals surface area contributed by atoms with Crippen LogP contribution in [-0.2, 0) is 6.42 Å². The van der Waals surface area contributed by atoms with Crippen LogP contribution >= 0.6 is 0 Å². The van der Waals surface area contributed by atoms with E-state index in [9.17, 15) is 0 Å². The van der Waals surface area contributed by atoms with Crippen molar-refractivity contribution in [1.29, 1.82) is 0 Å². The number of rotatable bonds is 3. The SMILES string of the molecule is CC.CC.c1ccc(-c2c3ccccc3c(-c3ccccc3)c3cc(-c4cccc5c4-c4ccccc4C5)ccc23)cc1. The van der Waals surface area contributed by atoms with Crippen LogP contribution in [0.25, 0.3) is 66.1 Å². The lowest BCUT2D eigenvalue weighted by Gasteiger charge is -2.19. The second-order valence-corrected chi connectivity index (χ2v) is 10.5. The van der Waals surface area contributed by atoms with E-state index in [0.717, 1.165) is 6.42 Å². The third-order valence-electron chi connectivity index (χ3n) is 8.28. The van der Waals surface area contributed by atoms with Crippen LogP contribution in [0.3, 0.4) is 0 Å². The number of fused-ring (bicyclic) bond motifs is 5. The molecule has 0 saturated heterocycles. The molecule has 1 aliphatic carbocycles. The van der Waals surface area contributed by atoms with Crippen molar-refractivity contribution < 1.29 is 0 Å². The minimum absolute atomic E-state index is 1.00. The second-order valence-electron chi connectivity index (χ2n) is 10.5. The molecular formula is C43H38. The van der Waals surface area contributed by atoms with Crippen LogP contribution in [0.2, 0.25) is 0 Å². The van der Waals surface area contributed by atoms with E-state index in [4.69, 9.17) is 0 Å². The lowest BCUT2D eigenvalue weighted by Crippen LogP contribution is -1.92. The van der Waals surface area contributed by atoms with Gasteiger partial charge in [0, 0.05) is 0 Å². The Balaban J connectivity index is 0.000000792. The van der Waals surface area contributed by atoms with Crippen molar-refractivity contribution in [1.82, 2.24) is 0 Å². The number of hydrogen-bond acceptors (Lipinski definition) is 0. The molecule has 0 spiro atoms. The summed E-state index contributed by atoms with van der Waals surface area (Å²) in [6, 6.07) is 53.4. The Labute approximate surface area is 256 Å². The van der Waals surface area contributed by atoms with Crippen molar-refractivity contribution >= 4 is 21.5 Å². The first kappa shape index (κ1) is 28.2. The Morgan fingerprint density at radius 2 is 0.814 bits per heavy atom. The number of hydrogen-bond donors (Lipinski definition) is 0. The van der Waals surface area contributed by atoms with E-state index in [1.807, 2.05) is 27.7 Å². The van der Waals surface area contributed by atoms with Crippen LogP contribution in [0.4, 0.5) is 0 Å². The largest absolute Gasteiger partial charge is 0.0683 e. The van der Waals surface area contributed by atoms with Gasteiger partial charge in [-0.15, -0.1) is 0 Å². The normalized spacial score (nSPS) is 11.2. The highest BCUT2D eigenvalue weighted by atomic mass is 14.3. The molecule has 0 saturated carbocycles. The van der Waals surface area contributed by atoms with E-state index in [0.29, 0.717) is 0 Å². The molecule has 8 rings (SSSR count). The molecule has 1 aliphatic rings. The maximum Gasteiger partial charge on any atom is -0.00132 e. The van der Waals surface area contributed by atoms with Gasteiger partial charge in [0.15, 0.2) is 0 Å². The lowest BCUT2D eigenvalue weighted by atomic mass is 9.84. The fraction of sp³-hybridized carbons (Fsp3) is 0.116. The molecule has 0 amide bonds. The Bertz CT molecular complexity index is 2010. The summed E-state index contributed by atoms with van der Waals surface area (Å²) in [5.41, 5.74) is 13.3. The molecule has 0 nitrogen and oxygen atoms in total. The fourth-order valence-corrected chi connectivity index (χ4v) is 6.61. The minimum atomic E-state index is 1.00. The molecule has 7 aromatic carbocycles. The van der Waals surface area contributed by atoms with E-state index in [2.05, 4.69) is 146 Å². The van der Waals surface area contributed by atoms with Gasteiger partial charge in [0.1, 0.15) is 0 Å². The third-order valence-corrected chi connectivity index (χ3v) is 8.28. The maximum atomic E-state index is 2.44. The van der Waals surface area contributed by atoms with Crippen LogP contribution in [0.15, 0.2) is 146 Å². The first-order chi connectivity index (χ1) is 21.4. The van der Waals surface area contributed by atoms with Crippen molar-refractivity contribution in [3.05, 3.63) is 157 Å². The highest BCUT2D eigenvalue weighted by Gasteiger charge is 2.23. The Morgan fingerprint density at radius 3 is 1.47 bits per heavy atom. The Morgan fingerprint density at radius 1 is 0.326 bits per heavy atom. The maximum absolute atomic E-state index is 2.44. The quantitative estimate of drug-likeness (QED) is 0.191. The van der Waals surface area contributed by atoms with Gasteiger partial charge in [-0.2, -0.15) is 0 Å². The standard InChI is InChI=1S/C39H26.2C2H6/c1-3-12-26(13-4-1)37-33-19-9-10-20-34(33)38(27-14-5-2-6-15-27)36-25-29(22-23-35(36)37)32-21-11-17-30-24-28-16-7-8-18-31(28)39(30)32;2*1-2/h1-23,25H,24H2;2*1-2H3. The molecule has 0 aliphatic heterocycles. The highest BCUT2D eigenvalue weighted by molar-refractivity contribution is 6.22. The van der Waals surface area contributed by atoms with E-state index in [1.165, 1.54) is 77.2 Å². The molecule has 0 N–H and O–H groups in total. The average molecular weight is 555 g/mol. The molecule has 0 radical (unpaired) electrons. The summed E-state index contributed by atoms with van der Waals surface area (Å²) in [5.74, 6) is 0. The van der Waals surface area contributed by atoms with E-state index in [1.54, 1.807) is 0 Å². The summed E-state index contributed by atoms with van der Waals surface area (Å²) >= 11 is 0. The second kappa shape index (κ2) is 12.5. The summed E-state index contributed by atoms with van der Waals surface area (Å²) in [4.78, 5) is 0. The van der Waals surface area contributed by atoms with Gasteiger partial charge in [-0.3, -0.25) is 0 Å². The zero-order chi connectivity index (χ0) is 29.8.